The summed E-state index contributed by atoms with van der Waals surface area (Å²) in [4.78, 5) is 30.4. The van der Waals surface area contributed by atoms with Crippen molar-refractivity contribution >= 4 is 67.3 Å². The normalized spacial score (nSPS) is 18.2. The maximum Gasteiger partial charge on any atom is 0.267 e. The maximum atomic E-state index is 13.4. The Kier molecular flexibility index (Phi) is 6.50. The molecule has 0 saturated carbocycles. The minimum atomic E-state index is -0.225. The fraction of sp³-hybridized carbons (Fsp3) is 0.261. The largest absolute Gasteiger partial charge is 0.497 e. The van der Waals surface area contributed by atoms with Gasteiger partial charge in [-0.2, -0.15) is 0 Å². The molecule has 0 bridgehead atoms. The number of unbranched alkanes of at least 4 members (excludes halogenated alkanes) is 1. The minimum Gasteiger partial charge on any atom is -0.497 e. The third-order valence-corrected chi connectivity index (χ3v) is 7.23. The van der Waals surface area contributed by atoms with Crippen molar-refractivity contribution < 1.29 is 14.3 Å². The van der Waals surface area contributed by atoms with Crippen molar-refractivity contribution in [2.45, 2.75) is 26.3 Å². The number of ether oxygens (including phenoxy) is 1. The van der Waals surface area contributed by atoms with E-state index in [1.54, 1.807) is 16.9 Å². The van der Waals surface area contributed by atoms with Crippen LogP contribution in [0.3, 0.4) is 0 Å². The number of anilines is 1. The Hall–Kier alpha value is -2.16. The van der Waals surface area contributed by atoms with Gasteiger partial charge in [-0.25, -0.2) is 0 Å². The van der Waals surface area contributed by atoms with Crippen molar-refractivity contribution in [1.82, 2.24) is 4.90 Å². The molecule has 0 spiro atoms. The number of carbonyl (C=O) groups is 2. The lowest BCUT2D eigenvalue weighted by atomic mass is 10.1. The van der Waals surface area contributed by atoms with Gasteiger partial charge < -0.3 is 9.64 Å². The van der Waals surface area contributed by atoms with Crippen LogP contribution in [0, 0.1) is 0 Å². The summed E-state index contributed by atoms with van der Waals surface area (Å²) in [6, 6.07) is 13.3. The molecule has 0 unspecified atom stereocenters. The lowest BCUT2D eigenvalue weighted by Crippen LogP contribution is -2.29. The van der Waals surface area contributed by atoms with Crippen molar-refractivity contribution in [3.05, 3.63) is 63.0 Å². The van der Waals surface area contributed by atoms with Gasteiger partial charge in [0.1, 0.15) is 10.1 Å². The number of amides is 2. The lowest BCUT2D eigenvalue weighted by Gasteiger charge is -2.16. The summed E-state index contributed by atoms with van der Waals surface area (Å²) in [5, 5.41) is 0. The topological polar surface area (TPSA) is 49.9 Å². The predicted molar refractivity (Wildman–Crippen MR) is 132 cm³/mol. The number of hydrogen-bond acceptors (Lipinski definition) is 5. The van der Waals surface area contributed by atoms with Crippen LogP contribution in [0.5, 0.6) is 5.75 Å². The van der Waals surface area contributed by atoms with Gasteiger partial charge in [-0.15, -0.1) is 0 Å². The highest BCUT2D eigenvalue weighted by atomic mass is 79.9. The minimum absolute atomic E-state index is 0.133. The van der Waals surface area contributed by atoms with Gasteiger partial charge in [-0.1, -0.05) is 65.4 Å². The molecule has 0 atom stereocenters. The van der Waals surface area contributed by atoms with Gasteiger partial charge in [-0.3, -0.25) is 14.5 Å². The van der Waals surface area contributed by atoms with Crippen molar-refractivity contribution in [2.75, 3.05) is 18.6 Å². The molecule has 1 saturated heterocycles. The number of methoxy groups -OCH3 is 1. The Balaban J connectivity index is 1.69. The average molecular weight is 517 g/mol. The van der Waals surface area contributed by atoms with E-state index in [9.17, 15) is 9.59 Å². The highest BCUT2D eigenvalue weighted by Gasteiger charge is 2.41. The zero-order valence-electron chi connectivity index (χ0n) is 17.2. The van der Waals surface area contributed by atoms with E-state index in [1.165, 1.54) is 11.8 Å². The Bertz CT molecular complexity index is 1100. The van der Waals surface area contributed by atoms with E-state index >= 15 is 0 Å². The number of carbonyl (C=O) groups excluding carboxylic acids is 2. The van der Waals surface area contributed by atoms with Gasteiger partial charge in [0.25, 0.3) is 11.8 Å². The number of rotatable bonds is 6. The van der Waals surface area contributed by atoms with Crippen LogP contribution >= 0.6 is 39.9 Å². The lowest BCUT2D eigenvalue weighted by molar-refractivity contribution is -0.122. The first-order valence-electron chi connectivity index (χ1n) is 9.97. The smallest absolute Gasteiger partial charge is 0.267 e. The summed E-state index contributed by atoms with van der Waals surface area (Å²) in [5.41, 5.74) is 3.01. The Labute approximate surface area is 199 Å². The van der Waals surface area contributed by atoms with E-state index in [4.69, 9.17) is 17.0 Å². The van der Waals surface area contributed by atoms with Gasteiger partial charge in [-0.05, 0) is 42.3 Å². The Morgan fingerprint density at radius 3 is 2.48 bits per heavy atom. The van der Waals surface area contributed by atoms with Crippen LogP contribution in [0.4, 0.5) is 5.69 Å². The third kappa shape index (κ3) is 4.16. The molecule has 1 fully saturated rings. The molecule has 0 N–H and O–H groups in total. The second kappa shape index (κ2) is 9.14. The Morgan fingerprint density at radius 1 is 1.06 bits per heavy atom. The third-order valence-electron chi connectivity index (χ3n) is 5.29. The molecule has 0 aliphatic carbocycles. The number of hydrogen-bond donors (Lipinski definition) is 0. The monoisotopic (exact) mass is 516 g/mol. The van der Waals surface area contributed by atoms with Gasteiger partial charge in [0.2, 0.25) is 0 Å². The summed E-state index contributed by atoms with van der Waals surface area (Å²) in [6.07, 6.45) is 1.88. The molecule has 160 valence electrons. The SMILES string of the molecule is CCCCN1C(=O)C(=C2SC(=S)N(Cc3ccc(OC)cc3)C2=O)c2cc(Br)ccc21. The fourth-order valence-electron chi connectivity index (χ4n) is 3.66. The van der Waals surface area contributed by atoms with Crippen molar-refractivity contribution in [3.63, 3.8) is 0 Å². The number of nitrogens with zero attached hydrogens (tertiary/aromatic N) is 2. The number of fused-ring (bicyclic) bond motifs is 1. The van der Waals surface area contributed by atoms with Crippen LogP contribution in [-0.2, 0) is 16.1 Å². The molecule has 2 aliphatic rings. The standard InChI is InChI=1S/C23H21BrN2O3S2/c1-3-4-11-25-18-10-7-15(24)12-17(18)19(21(25)27)20-22(28)26(23(30)31-20)13-14-5-8-16(29-2)9-6-14/h5-10,12H,3-4,11,13H2,1-2H3. The van der Waals surface area contributed by atoms with Gasteiger partial charge in [0, 0.05) is 16.6 Å². The van der Waals surface area contributed by atoms with E-state index in [0.29, 0.717) is 27.9 Å². The molecule has 8 heteroatoms. The van der Waals surface area contributed by atoms with E-state index in [0.717, 1.165) is 39.9 Å². The van der Waals surface area contributed by atoms with Crippen LogP contribution in [0.15, 0.2) is 51.8 Å². The van der Waals surface area contributed by atoms with E-state index in [1.807, 2.05) is 42.5 Å². The molecule has 2 aliphatic heterocycles. The van der Waals surface area contributed by atoms with Crippen LogP contribution in [0.25, 0.3) is 5.57 Å². The summed E-state index contributed by atoms with van der Waals surface area (Å²) >= 11 is 10.2. The molecule has 31 heavy (non-hydrogen) atoms. The number of benzene rings is 2. The summed E-state index contributed by atoms with van der Waals surface area (Å²) in [7, 11) is 1.61. The number of halogens is 1. The van der Waals surface area contributed by atoms with Gasteiger partial charge in [0.05, 0.1) is 29.8 Å². The molecule has 0 radical (unpaired) electrons. The molecule has 2 amide bonds. The van der Waals surface area contributed by atoms with Crippen LogP contribution in [0.1, 0.15) is 30.9 Å². The summed E-state index contributed by atoms with van der Waals surface area (Å²) < 4.78 is 6.52. The quantitative estimate of drug-likeness (QED) is 0.381. The predicted octanol–water partition coefficient (Wildman–Crippen LogP) is 5.38. The van der Waals surface area contributed by atoms with E-state index < -0.39 is 0 Å². The van der Waals surface area contributed by atoms with E-state index in [2.05, 4.69) is 22.9 Å². The van der Waals surface area contributed by atoms with Gasteiger partial charge in [0.15, 0.2) is 0 Å². The second-order valence-electron chi connectivity index (χ2n) is 7.28. The van der Waals surface area contributed by atoms with E-state index in [-0.39, 0.29) is 11.8 Å². The molecule has 2 aromatic rings. The molecular formula is C23H21BrN2O3S2. The number of thiocarbonyl (C=S) groups is 1. The highest BCUT2D eigenvalue weighted by Crippen LogP contribution is 2.45. The molecule has 5 nitrogen and oxygen atoms in total. The maximum absolute atomic E-state index is 13.4. The first-order chi connectivity index (χ1) is 14.9. The second-order valence-corrected chi connectivity index (χ2v) is 9.84. The summed E-state index contributed by atoms with van der Waals surface area (Å²) in [5.74, 6) is 0.395. The molecule has 0 aromatic heterocycles. The molecule has 4 rings (SSSR count). The van der Waals surface area contributed by atoms with Gasteiger partial charge >= 0.3 is 0 Å². The van der Waals surface area contributed by atoms with Crippen LogP contribution < -0.4 is 9.64 Å². The molecule has 2 heterocycles. The zero-order chi connectivity index (χ0) is 22.1. The zero-order valence-corrected chi connectivity index (χ0v) is 20.4. The first-order valence-corrected chi connectivity index (χ1v) is 12.0. The molecule has 2 aromatic carbocycles. The molecular weight excluding hydrogens is 496 g/mol. The Morgan fingerprint density at radius 2 is 1.81 bits per heavy atom. The van der Waals surface area contributed by atoms with Crippen LogP contribution in [0.2, 0.25) is 0 Å². The summed E-state index contributed by atoms with van der Waals surface area (Å²) in [6.45, 7) is 3.07. The number of thioether (sulfide) groups is 1. The van der Waals surface area contributed by atoms with Crippen molar-refractivity contribution in [1.29, 1.82) is 0 Å². The average Bonchev–Trinajstić information content (AvgIpc) is 3.19. The first kappa shape index (κ1) is 22.0. The highest BCUT2D eigenvalue weighted by molar-refractivity contribution is 9.10. The fourth-order valence-corrected chi connectivity index (χ4v) is 5.35. The van der Waals surface area contributed by atoms with Crippen LogP contribution in [-0.4, -0.2) is 34.7 Å². The van der Waals surface area contributed by atoms with Crippen molar-refractivity contribution in [3.8, 4) is 5.75 Å². The van der Waals surface area contributed by atoms with Crippen molar-refractivity contribution in [2.24, 2.45) is 0 Å².